The van der Waals surface area contributed by atoms with E-state index in [2.05, 4.69) is 0 Å². The van der Waals surface area contributed by atoms with Crippen molar-refractivity contribution in [2.75, 3.05) is 6.54 Å². The first-order valence-corrected chi connectivity index (χ1v) is 14.3. The molecule has 1 saturated heterocycles. The summed E-state index contributed by atoms with van der Waals surface area (Å²) in [7, 11) is 0. The summed E-state index contributed by atoms with van der Waals surface area (Å²) in [6.45, 7) is 1.46. The molecule has 0 N–H and O–H groups in total. The maximum absolute atomic E-state index is 13.7. The van der Waals surface area contributed by atoms with Crippen molar-refractivity contribution in [1.82, 2.24) is 10.0 Å². The zero-order chi connectivity index (χ0) is 28.6. The Balaban J connectivity index is 1.40. The van der Waals surface area contributed by atoms with Crippen molar-refractivity contribution in [3.8, 4) is 5.75 Å². The summed E-state index contributed by atoms with van der Waals surface area (Å²) in [5, 5.41) is 3.85. The molecule has 1 aliphatic carbocycles. The highest BCUT2D eigenvalue weighted by molar-refractivity contribution is 7.12. The fraction of sp³-hybridized carbons (Fsp3) is 0.276. The van der Waals surface area contributed by atoms with Crippen molar-refractivity contribution in [2.45, 2.75) is 26.2 Å². The highest BCUT2D eigenvalue weighted by atomic mass is 35.5. The first kappa shape index (κ1) is 28.0. The van der Waals surface area contributed by atoms with Crippen molar-refractivity contribution in [3.05, 3.63) is 86.0 Å². The van der Waals surface area contributed by atoms with Crippen LogP contribution in [0.1, 0.15) is 56.6 Å². The van der Waals surface area contributed by atoms with E-state index in [1.807, 2.05) is 6.92 Å². The number of nitrogens with zero attached hydrogens (tertiary/aromatic N) is 2. The van der Waals surface area contributed by atoms with Crippen molar-refractivity contribution in [1.29, 1.82) is 0 Å². The van der Waals surface area contributed by atoms with Crippen LogP contribution in [-0.2, 0) is 9.59 Å². The number of fused-ring (bicyclic) bond motifs is 1. The van der Waals surface area contributed by atoms with Gasteiger partial charge >= 0.3 is 5.97 Å². The third-order valence-electron chi connectivity index (χ3n) is 7.21. The minimum atomic E-state index is -0.734. The zero-order valence-corrected chi connectivity index (χ0v) is 23.7. The molecule has 2 fully saturated rings. The molecule has 206 valence electrons. The van der Waals surface area contributed by atoms with Gasteiger partial charge in [-0.1, -0.05) is 36.2 Å². The second-order valence-corrected chi connectivity index (χ2v) is 11.7. The Bertz CT molecular complexity index is 1490. The summed E-state index contributed by atoms with van der Waals surface area (Å²) in [4.78, 5) is 66.6. The number of amides is 3. The lowest BCUT2D eigenvalue weighted by atomic mass is 9.76. The molecule has 1 aromatic heterocycles. The van der Waals surface area contributed by atoms with Crippen LogP contribution in [-0.4, -0.2) is 46.0 Å². The fourth-order valence-corrected chi connectivity index (χ4v) is 6.01. The van der Waals surface area contributed by atoms with E-state index in [0.717, 1.165) is 16.4 Å². The molecule has 1 aliphatic heterocycles. The van der Waals surface area contributed by atoms with E-state index in [4.69, 9.17) is 27.9 Å². The van der Waals surface area contributed by atoms with Gasteiger partial charge in [0, 0.05) is 11.1 Å². The normalized spacial score (nSPS) is 20.3. The van der Waals surface area contributed by atoms with Gasteiger partial charge in [0.1, 0.15) is 17.2 Å². The van der Waals surface area contributed by atoms with E-state index in [9.17, 15) is 24.0 Å². The van der Waals surface area contributed by atoms with Gasteiger partial charge in [0.25, 0.3) is 17.7 Å². The minimum absolute atomic E-state index is 0.0712. The predicted molar refractivity (Wildman–Crippen MR) is 149 cm³/mol. The van der Waals surface area contributed by atoms with E-state index < -0.39 is 47.9 Å². The van der Waals surface area contributed by atoms with E-state index in [1.165, 1.54) is 53.8 Å². The number of halogens is 2. The number of hydrazine groups is 1. The molecule has 0 bridgehead atoms. The number of thiophene rings is 1. The summed E-state index contributed by atoms with van der Waals surface area (Å²) in [6, 6.07) is 13.4. The van der Waals surface area contributed by atoms with Gasteiger partial charge in [-0.05, 0) is 79.1 Å². The van der Waals surface area contributed by atoms with Crippen LogP contribution in [0.25, 0.3) is 0 Å². The number of carbonyl (C=O) groups excluding carboxylic acids is 5. The topological polar surface area (TPSA) is 101 Å². The number of benzene rings is 2. The molecule has 1 saturated carbocycles. The summed E-state index contributed by atoms with van der Waals surface area (Å²) < 4.78 is 5.34. The van der Waals surface area contributed by atoms with Gasteiger partial charge in [-0.3, -0.25) is 19.2 Å². The maximum Gasteiger partial charge on any atom is 0.353 e. The number of ether oxygens (including phenoxy) is 1. The van der Waals surface area contributed by atoms with Gasteiger partial charge in [-0.2, -0.15) is 5.01 Å². The molecule has 2 aliphatic rings. The van der Waals surface area contributed by atoms with Crippen LogP contribution in [0.5, 0.6) is 5.75 Å². The standard InChI is InChI=1S/C29H24Cl2N2O6S/c1-16-4-10-20-21(13-16)28(37)33(27(20)36)32(26(35)18-7-11-22(30)23(31)14-18)15-24(34)17-5-8-19(9-6-17)39-29(38)25-3-2-12-40-25/h2-3,5-9,11-12,14,16,20-21H,4,10,13,15H2,1H3/t16-,20-,21+/m1/s1. The average molecular weight is 599 g/mol. The predicted octanol–water partition coefficient (Wildman–Crippen LogP) is 5.94. The molecule has 5 rings (SSSR count). The lowest BCUT2D eigenvalue weighted by Gasteiger charge is -2.30. The lowest BCUT2D eigenvalue weighted by molar-refractivity contribution is -0.154. The smallest absolute Gasteiger partial charge is 0.353 e. The number of hydrogen-bond donors (Lipinski definition) is 0. The third-order valence-corrected chi connectivity index (χ3v) is 8.80. The molecule has 2 aromatic carbocycles. The van der Waals surface area contributed by atoms with Gasteiger partial charge in [0.05, 0.1) is 21.9 Å². The molecular weight excluding hydrogens is 575 g/mol. The number of esters is 1. The molecule has 8 nitrogen and oxygen atoms in total. The molecule has 3 atom stereocenters. The molecular formula is C29H24Cl2N2O6S. The quantitative estimate of drug-likeness (QED) is 0.144. The number of rotatable bonds is 7. The number of carbonyl (C=O) groups is 5. The number of Topliss-reactive ketones (excluding diaryl/α,β-unsaturated/α-hetero) is 1. The van der Waals surface area contributed by atoms with Crippen molar-refractivity contribution in [2.24, 2.45) is 17.8 Å². The Hall–Kier alpha value is -3.53. The van der Waals surface area contributed by atoms with Gasteiger partial charge in [-0.25, -0.2) is 9.80 Å². The number of hydrogen-bond acceptors (Lipinski definition) is 7. The Morgan fingerprint density at radius 3 is 2.33 bits per heavy atom. The van der Waals surface area contributed by atoms with E-state index in [-0.39, 0.29) is 32.8 Å². The Morgan fingerprint density at radius 1 is 0.950 bits per heavy atom. The SMILES string of the molecule is C[C@@H]1CC[C@H]2C(=O)N(N(CC(=O)c3ccc(OC(=O)c4cccs4)cc3)C(=O)c3ccc(Cl)c(Cl)c3)C(=O)[C@H]2C1. The van der Waals surface area contributed by atoms with Crippen LogP contribution in [0.2, 0.25) is 10.0 Å². The van der Waals surface area contributed by atoms with Crippen LogP contribution >= 0.6 is 34.5 Å². The molecule has 0 unspecified atom stereocenters. The number of ketones is 1. The van der Waals surface area contributed by atoms with Crippen LogP contribution in [0, 0.1) is 17.8 Å². The highest BCUT2D eigenvalue weighted by Gasteiger charge is 2.52. The number of imide groups is 1. The van der Waals surface area contributed by atoms with Crippen molar-refractivity contribution < 1.29 is 28.7 Å². The van der Waals surface area contributed by atoms with Gasteiger partial charge in [0.15, 0.2) is 5.78 Å². The van der Waals surface area contributed by atoms with Crippen LogP contribution in [0.15, 0.2) is 60.0 Å². The molecule has 11 heteroatoms. The Kier molecular flexibility index (Phi) is 8.07. The van der Waals surface area contributed by atoms with E-state index in [1.54, 1.807) is 17.5 Å². The largest absolute Gasteiger partial charge is 0.422 e. The molecule has 40 heavy (non-hydrogen) atoms. The minimum Gasteiger partial charge on any atom is -0.422 e. The average Bonchev–Trinajstić information content (AvgIpc) is 3.56. The monoisotopic (exact) mass is 598 g/mol. The van der Waals surface area contributed by atoms with Gasteiger partial charge in [-0.15, -0.1) is 11.3 Å². The van der Waals surface area contributed by atoms with Crippen molar-refractivity contribution >= 4 is 64.0 Å². The Morgan fingerprint density at radius 2 is 1.65 bits per heavy atom. The van der Waals surface area contributed by atoms with Crippen LogP contribution < -0.4 is 4.74 Å². The summed E-state index contributed by atoms with van der Waals surface area (Å²) >= 11 is 13.4. The first-order chi connectivity index (χ1) is 19.1. The van der Waals surface area contributed by atoms with Crippen molar-refractivity contribution in [3.63, 3.8) is 0 Å². The molecule has 0 spiro atoms. The summed E-state index contributed by atoms with van der Waals surface area (Å²) in [6.07, 6.45) is 1.89. The van der Waals surface area contributed by atoms with E-state index >= 15 is 0 Å². The first-order valence-electron chi connectivity index (χ1n) is 12.7. The van der Waals surface area contributed by atoms with Gasteiger partial charge < -0.3 is 4.74 Å². The van der Waals surface area contributed by atoms with Gasteiger partial charge in [0.2, 0.25) is 0 Å². The lowest BCUT2D eigenvalue weighted by Crippen LogP contribution is -2.52. The second-order valence-electron chi connectivity index (χ2n) is 9.93. The zero-order valence-electron chi connectivity index (χ0n) is 21.3. The fourth-order valence-electron chi connectivity index (χ4n) is 5.11. The third kappa shape index (κ3) is 5.54. The van der Waals surface area contributed by atoms with E-state index in [0.29, 0.717) is 17.7 Å². The Labute approximate surface area is 244 Å². The second kappa shape index (κ2) is 11.5. The van der Waals surface area contributed by atoms with Crippen LogP contribution in [0.3, 0.4) is 0 Å². The molecule has 2 heterocycles. The molecule has 3 amide bonds. The molecule has 3 aromatic rings. The van der Waals surface area contributed by atoms with Crippen LogP contribution in [0.4, 0.5) is 0 Å². The maximum atomic E-state index is 13.7. The summed E-state index contributed by atoms with van der Waals surface area (Å²) in [5.41, 5.74) is 0.273. The highest BCUT2D eigenvalue weighted by Crippen LogP contribution is 2.41. The summed E-state index contributed by atoms with van der Waals surface area (Å²) in [5.74, 6) is -3.30. The molecule has 0 radical (unpaired) electrons.